The second-order valence-corrected chi connectivity index (χ2v) is 8.83. The zero-order valence-corrected chi connectivity index (χ0v) is 15.3. The molecular weight excluding hydrogens is 334 g/mol. The number of piperidine rings is 1. The summed E-state index contributed by atoms with van der Waals surface area (Å²) >= 11 is 0. The highest BCUT2D eigenvalue weighted by Crippen LogP contribution is 2.42. The van der Waals surface area contributed by atoms with Gasteiger partial charge in [-0.15, -0.1) is 0 Å². The molecule has 134 valence electrons. The van der Waals surface area contributed by atoms with Crippen LogP contribution in [-0.2, 0) is 15.6 Å². The van der Waals surface area contributed by atoms with Crippen molar-refractivity contribution in [1.82, 2.24) is 4.31 Å². The summed E-state index contributed by atoms with van der Waals surface area (Å²) in [5.41, 5.74) is -0.315. The molecule has 2 aromatic rings. The molecule has 0 aliphatic carbocycles. The average Bonchev–Trinajstić information content (AvgIpc) is 2.64. The van der Waals surface area contributed by atoms with Gasteiger partial charge in [0.15, 0.2) is 0 Å². The van der Waals surface area contributed by atoms with Gasteiger partial charge in [0.1, 0.15) is 10.9 Å². The fourth-order valence-corrected chi connectivity index (χ4v) is 5.89. The van der Waals surface area contributed by atoms with Crippen molar-refractivity contribution in [1.29, 1.82) is 0 Å². The topological polar surface area (TPSA) is 57.6 Å². The molecule has 2 aromatic carbocycles. The van der Waals surface area contributed by atoms with Gasteiger partial charge in [0.2, 0.25) is 10.0 Å². The number of sulfonamides is 1. The van der Waals surface area contributed by atoms with Gasteiger partial charge in [0.05, 0.1) is 0 Å². The Morgan fingerprint density at radius 3 is 2.00 bits per heavy atom. The molecule has 1 heterocycles. The fraction of sp³-hybridized carbons (Fsp3) is 0.400. The van der Waals surface area contributed by atoms with E-state index in [9.17, 15) is 13.5 Å². The number of hydrogen-bond acceptors (Lipinski definition) is 3. The smallest absolute Gasteiger partial charge is 0.224 e. The Morgan fingerprint density at radius 1 is 0.920 bits per heavy atom. The summed E-state index contributed by atoms with van der Waals surface area (Å²) in [6.45, 7) is 2.65. The van der Waals surface area contributed by atoms with Gasteiger partial charge in [-0.3, -0.25) is 0 Å². The van der Waals surface area contributed by atoms with Crippen molar-refractivity contribution in [3.63, 3.8) is 0 Å². The normalized spacial score (nSPS) is 19.9. The molecule has 0 radical (unpaired) electrons. The molecule has 3 rings (SSSR count). The Labute approximate surface area is 150 Å². The lowest BCUT2D eigenvalue weighted by Gasteiger charge is -2.38. The lowest BCUT2D eigenvalue weighted by Crippen LogP contribution is -2.45. The first-order chi connectivity index (χ1) is 11.9. The van der Waals surface area contributed by atoms with Gasteiger partial charge in [-0.05, 0) is 30.9 Å². The summed E-state index contributed by atoms with van der Waals surface area (Å²) in [5.74, 6) is 0. The molecule has 1 aliphatic rings. The Morgan fingerprint density at radius 2 is 1.44 bits per heavy atom. The zero-order chi connectivity index (χ0) is 17.9. The number of aliphatic hydroxyl groups is 1. The van der Waals surface area contributed by atoms with Gasteiger partial charge in [-0.1, -0.05) is 67.1 Å². The predicted molar refractivity (Wildman–Crippen MR) is 99.5 cm³/mol. The first-order valence-electron chi connectivity index (χ1n) is 8.76. The van der Waals surface area contributed by atoms with Crippen LogP contribution in [0, 0.1) is 0 Å². The van der Waals surface area contributed by atoms with E-state index in [1.54, 1.807) is 35.5 Å². The van der Waals surface area contributed by atoms with Crippen molar-refractivity contribution in [3.8, 4) is 0 Å². The molecule has 25 heavy (non-hydrogen) atoms. The summed E-state index contributed by atoms with van der Waals surface area (Å²) in [4.78, 5) is 0. The molecule has 0 aromatic heterocycles. The van der Waals surface area contributed by atoms with Gasteiger partial charge in [-0.25, -0.2) is 12.7 Å². The third-order valence-corrected chi connectivity index (χ3v) is 7.36. The summed E-state index contributed by atoms with van der Waals surface area (Å²) < 4.78 is 28.5. The molecule has 2 atom stereocenters. The Bertz CT molecular complexity index is 782. The maximum Gasteiger partial charge on any atom is 0.224 e. The zero-order valence-electron chi connectivity index (χ0n) is 14.5. The van der Waals surface area contributed by atoms with Crippen molar-refractivity contribution in [3.05, 3.63) is 71.8 Å². The van der Waals surface area contributed by atoms with Crippen LogP contribution in [0.2, 0.25) is 0 Å². The lowest BCUT2D eigenvalue weighted by molar-refractivity contribution is 0.0492. The Kier molecular flexibility index (Phi) is 5.27. The van der Waals surface area contributed by atoms with Gasteiger partial charge >= 0.3 is 0 Å². The van der Waals surface area contributed by atoms with Gasteiger partial charge in [-0.2, -0.15) is 0 Å². The molecule has 0 saturated carbocycles. The van der Waals surface area contributed by atoms with Crippen molar-refractivity contribution in [2.24, 2.45) is 0 Å². The molecule has 0 unspecified atom stereocenters. The predicted octanol–water partition coefficient (Wildman–Crippen LogP) is 3.45. The van der Waals surface area contributed by atoms with Crippen molar-refractivity contribution in [2.75, 3.05) is 13.1 Å². The fourth-order valence-electron chi connectivity index (χ4n) is 3.61. The average molecular weight is 359 g/mol. The van der Waals surface area contributed by atoms with Gasteiger partial charge in [0.25, 0.3) is 0 Å². The molecule has 0 bridgehead atoms. The highest BCUT2D eigenvalue weighted by molar-refractivity contribution is 7.89. The monoisotopic (exact) mass is 359 g/mol. The molecule has 1 saturated heterocycles. The van der Waals surface area contributed by atoms with Crippen LogP contribution in [0.15, 0.2) is 60.7 Å². The molecule has 4 nitrogen and oxygen atoms in total. The largest absolute Gasteiger partial charge is 0.384 e. The lowest BCUT2D eigenvalue weighted by atomic mass is 9.88. The maximum atomic E-state index is 13.5. The van der Waals surface area contributed by atoms with Crippen LogP contribution in [0.5, 0.6) is 0 Å². The summed E-state index contributed by atoms with van der Waals surface area (Å²) in [5, 5.41) is 10.3. The van der Waals surface area contributed by atoms with E-state index in [-0.39, 0.29) is 0 Å². The second-order valence-electron chi connectivity index (χ2n) is 6.81. The van der Waals surface area contributed by atoms with Crippen molar-refractivity contribution < 1.29 is 13.5 Å². The van der Waals surface area contributed by atoms with Crippen LogP contribution in [0.3, 0.4) is 0 Å². The maximum absolute atomic E-state index is 13.5. The van der Waals surface area contributed by atoms with Crippen LogP contribution in [0.1, 0.15) is 42.6 Å². The molecule has 1 aliphatic heterocycles. The van der Waals surface area contributed by atoms with E-state index in [0.717, 1.165) is 19.3 Å². The van der Waals surface area contributed by atoms with E-state index < -0.39 is 20.9 Å². The summed E-state index contributed by atoms with van der Waals surface area (Å²) in [6, 6.07) is 18.1. The Balaban J connectivity index is 2.10. The second kappa shape index (κ2) is 7.28. The summed E-state index contributed by atoms with van der Waals surface area (Å²) in [7, 11) is -3.70. The van der Waals surface area contributed by atoms with Crippen LogP contribution in [0.4, 0.5) is 0 Å². The first-order valence-corrected chi connectivity index (χ1v) is 10.3. The van der Waals surface area contributed by atoms with E-state index in [4.69, 9.17) is 0 Å². The van der Waals surface area contributed by atoms with Gasteiger partial charge in [0, 0.05) is 13.1 Å². The number of nitrogens with zero attached hydrogens (tertiary/aromatic N) is 1. The van der Waals surface area contributed by atoms with Crippen molar-refractivity contribution in [2.45, 2.75) is 37.0 Å². The first kappa shape index (κ1) is 18.1. The standard InChI is InChI=1S/C20H25NO3S/c1-20(22,18-13-7-3-8-14-18)19(17-11-5-2-6-12-17)25(23,24)21-15-9-4-10-16-21/h2-3,5-8,11-14,19,22H,4,9-10,15-16H2,1H3/t19-,20+/m1/s1. The van der Waals surface area contributed by atoms with E-state index in [1.165, 1.54) is 0 Å². The number of hydrogen-bond donors (Lipinski definition) is 1. The summed E-state index contributed by atoms with van der Waals surface area (Å²) in [6.07, 6.45) is 2.79. The minimum Gasteiger partial charge on any atom is -0.384 e. The molecule has 5 heteroatoms. The van der Waals surface area contributed by atoms with Crippen LogP contribution < -0.4 is 0 Å². The van der Waals surface area contributed by atoms with E-state index >= 15 is 0 Å². The third-order valence-electron chi connectivity index (χ3n) is 4.94. The highest BCUT2D eigenvalue weighted by Gasteiger charge is 2.46. The quantitative estimate of drug-likeness (QED) is 0.889. The van der Waals surface area contributed by atoms with E-state index in [0.29, 0.717) is 24.2 Å². The van der Waals surface area contributed by atoms with Gasteiger partial charge < -0.3 is 5.11 Å². The van der Waals surface area contributed by atoms with Crippen LogP contribution in [-0.4, -0.2) is 30.9 Å². The Hall–Kier alpha value is -1.69. The molecule has 0 spiro atoms. The molecule has 1 N–H and O–H groups in total. The van der Waals surface area contributed by atoms with Crippen LogP contribution in [0.25, 0.3) is 0 Å². The van der Waals surface area contributed by atoms with E-state index in [1.807, 2.05) is 36.4 Å². The third kappa shape index (κ3) is 3.64. The molecule has 0 amide bonds. The number of rotatable bonds is 5. The SMILES string of the molecule is C[C@](O)(c1ccccc1)[C@@H](c1ccccc1)S(=O)(=O)N1CCCCC1. The molecule has 1 fully saturated rings. The number of benzene rings is 2. The van der Waals surface area contributed by atoms with E-state index in [2.05, 4.69) is 0 Å². The minimum atomic E-state index is -3.70. The van der Waals surface area contributed by atoms with Crippen molar-refractivity contribution >= 4 is 10.0 Å². The van der Waals surface area contributed by atoms with Crippen LogP contribution >= 0.6 is 0 Å². The highest BCUT2D eigenvalue weighted by atomic mass is 32.2. The molecular formula is C20H25NO3S. The minimum absolute atomic E-state index is 0.524.